The van der Waals surface area contributed by atoms with Gasteiger partial charge in [-0.3, -0.25) is 0 Å². The highest BCUT2D eigenvalue weighted by molar-refractivity contribution is 6.30. The number of hydrogen-bond donors (Lipinski definition) is 1. The van der Waals surface area contributed by atoms with Gasteiger partial charge >= 0.3 is 0 Å². The molecule has 1 aromatic heterocycles. The van der Waals surface area contributed by atoms with Gasteiger partial charge in [-0.05, 0) is 55.3 Å². The first-order valence-electron chi connectivity index (χ1n) is 8.47. The topological polar surface area (TPSA) is 48.3 Å². The summed E-state index contributed by atoms with van der Waals surface area (Å²) in [6.07, 6.45) is 0.936. The van der Waals surface area contributed by atoms with Crippen LogP contribution < -0.4 is 14.8 Å². The zero-order valence-corrected chi connectivity index (χ0v) is 15.7. The molecule has 26 heavy (non-hydrogen) atoms. The summed E-state index contributed by atoms with van der Waals surface area (Å²) in [6.45, 7) is 2.94. The molecule has 0 aliphatic carbocycles. The zero-order valence-electron chi connectivity index (χ0n) is 15.0. The first-order chi connectivity index (χ1) is 12.6. The number of aryl methyl sites for hydroxylation is 1. The van der Waals surface area contributed by atoms with Gasteiger partial charge in [-0.15, -0.1) is 0 Å². The van der Waals surface area contributed by atoms with Crippen LogP contribution in [-0.2, 0) is 6.42 Å². The van der Waals surface area contributed by atoms with Gasteiger partial charge in [0, 0.05) is 22.7 Å². The normalized spacial score (nSPS) is 12.6. The van der Waals surface area contributed by atoms with Crippen molar-refractivity contribution in [2.75, 3.05) is 26.1 Å². The average Bonchev–Trinajstić information content (AvgIpc) is 3.24. The van der Waals surface area contributed by atoms with E-state index in [9.17, 15) is 0 Å². The minimum atomic E-state index is 0.696. The molecule has 0 bridgehead atoms. The minimum absolute atomic E-state index is 0.696. The maximum atomic E-state index is 6.11. The van der Waals surface area contributed by atoms with E-state index in [0.717, 1.165) is 46.3 Å². The first-order valence-corrected chi connectivity index (χ1v) is 8.85. The number of aromatic nitrogens is 2. The molecule has 6 heteroatoms. The van der Waals surface area contributed by atoms with Crippen molar-refractivity contribution in [3.63, 3.8) is 0 Å². The fourth-order valence-corrected chi connectivity index (χ4v) is 3.65. The molecule has 0 saturated heterocycles. The Balaban J connectivity index is 1.87. The van der Waals surface area contributed by atoms with Crippen LogP contribution in [0.2, 0.25) is 5.02 Å². The van der Waals surface area contributed by atoms with Gasteiger partial charge in [0.05, 0.1) is 25.6 Å². The Labute approximate surface area is 157 Å². The number of rotatable bonds is 4. The highest BCUT2D eigenvalue weighted by Crippen LogP contribution is 2.38. The van der Waals surface area contributed by atoms with Gasteiger partial charge < -0.3 is 14.8 Å². The standard InChI is InChI=1S/C20H20ClN3O2/c1-12-10-14(21)5-6-16(12)24-20-15(8-9-22-20)19(23-24)13-4-7-17(25-2)18(11-13)26-3/h4-7,10-11,22H,8-9H2,1-3H3. The van der Waals surface area contributed by atoms with E-state index in [1.54, 1.807) is 14.2 Å². The molecule has 0 fully saturated rings. The lowest BCUT2D eigenvalue weighted by molar-refractivity contribution is 0.355. The molecule has 0 amide bonds. The summed E-state index contributed by atoms with van der Waals surface area (Å²) in [5.74, 6) is 2.45. The van der Waals surface area contributed by atoms with E-state index in [1.807, 2.05) is 48.0 Å². The van der Waals surface area contributed by atoms with Crippen LogP contribution in [-0.4, -0.2) is 30.5 Å². The van der Waals surface area contributed by atoms with E-state index in [-0.39, 0.29) is 0 Å². The largest absolute Gasteiger partial charge is 0.493 e. The van der Waals surface area contributed by atoms with E-state index in [0.29, 0.717) is 11.5 Å². The Morgan fingerprint density at radius 2 is 1.88 bits per heavy atom. The van der Waals surface area contributed by atoms with Gasteiger partial charge in [-0.25, -0.2) is 4.68 Å². The van der Waals surface area contributed by atoms with Crippen molar-refractivity contribution in [3.05, 3.63) is 52.5 Å². The van der Waals surface area contributed by atoms with Crippen LogP contribution in [0.4, 0.5) is 5.82 Å². The van der Waals surface area contributed by atoms with Crippen molar-refractivity contribution in [3.8, 4) is 28.4 Å². The van der Waals surface area contributed by atoms with Crippen LogP contribution in [0, 0.1) is 6.92 Å². The molecular weight excluding hydrogens is 350 g/mol. The predicted octanol–water partition coefficient (Wildman–Crippen LogP) is 4.49. The predicted molar refractivity (Wildman–Crippen MR) is 104 cm³/mol. The fourth-order valence-electron chi connectivity index (χ4n) is 3.42. The number of benzene rings is 2. The number of methoxy groups -OCH3 is 2. The van der Waals surface area contributed by atoms with Gasteiger partial charge in [0.2, 0.25) is 0 Å². The molecule has 3 aromatic rings. The Hall–Kier alpha value is -2.66. The molecule has 0 spiro atoms. The highest BCUT2D eigenvalue weighted by Gasteiger charge is 2.25. The van der Waals surface area contributed by atoms with Gasteiger partial charge in [0.25, 0.3) is 0 Å². The number of nitrogens with one attached hydrogen (secondary N) is 1. The molecule has 0 saturated carbocycles. The summed E-state index contributed by atoms with van der Waals surface area (Å²) in [5, 5.41) is 9.10. The van der Waals surface area contributed by atoms with Crippen LogP contribution in [0.15, 0.2) is 36.4 Å². The van der Waals surface area contributed by atoms with Gasteiger partial charge in [-0.2, -0.15) is 5.10 Å². The molecule has 2 heterocycles. The van der Waals surface area contributed by atoms with E-state index >= 15 is 0 Å². The quantitative estimate of drug-likeness (QED) is 0.736. The third kappa shape index (κ3) is 2.69. The van der Waals surface area contributed by atoms with Crippen LogP contribution in [0.5, 0.6) is 11.5 Å². The maximum absolute atomic E-state index is 6.11. The SMILES string of the molecule is COc1ccc(-c2nn(-c3ccc(Cl)cc3C)c3c2CCN3)cc1OC. The molecule has 1 aliphatic heterocycles. The summed E-state index contributed by atoms with van der Waals surface area (Å²) < 4.78 is 12.8. The molecule has 0 radical (unpaired) electrons. The van der Waals surface area contributed by atoms with Crippen molar-refractivity contribution in [1.29, 1.82) is 0 Å². The Morgan fingerprint density at radius 3 is 2.62 bits per heavy atom. The minimum Gasteiger partial charge on any atom is -0.493 e. The fraction of sp³-hybridized carbons (Fsp3) is 0.250. The molecule has 5 nitrogen and oxygen atoms in total. The number of fused-ring (bicyclic) bond motifs is 1. The van der Waals surface area contributed by atoms with Crippen LogP contribution >= 0.6 is 11.6 Å². The Morgan fingerprint density at radius 1 is 1.08 bits per heavy atom. The number of halogens is 1. The van der Waals surface area contributed by atoms with Crippen molar-refractivity contribution in [1.82, 2.24) is 9.78 Å². The summed E-state index contributed by atoms with van der Waals surface area (Å²) in [6, 6.07) is 11.7. The van der Waals surface area contributed by atoms with Crippen molar-refractivity contribution >= 4 is 17.4 Å². The van der Waals surface area contributed by atoms with Gasteiger partial charge in [-0.1, -0.05) is 11.6 Å². The summed E-state index contributed by atoms with van der Waals surface area (Å²) in [7, 11) is 3.28. The maximum Gasteiger partial charge on any atom is 0.161 e. The van der Waals surface area contributed by atoms with Crippen LogP contribution in [0.3, 0.4) is 0 Å². The lowest BCUT2D eigenvalue weighted by Gasteiger charge is -2.10. The van der Waals surface area contributed by atoms with E-state index in [1.165, 1.54) is 5.56 Å². The van der Waals surface area contributed by atoms with Crippen LogP contribution in [0.1, 0.15) is 11.1 Å². The summed E-state index contributed by atoms with van der Waals surface area (Å²) >= 11 is 6.11. The van der Waals surface area contributed by atoms with Crippen molar-refractivity contribution in [2.45, 2.75) is 13.3 Å². The molecule has 4 rings (SSSR count). The summed E-state index contributed by atoms with van der Waals surface area (Å²) in [4.78, 5) is 0. The number of ether oxygens (including phenoxy) is 2. The Kier molecular flexibility index (Phi) is 4.24. The number of nitrogens with zero attached hydrogens (tertiary/aromatic N) is 2. The first kappa shape index (κ1) is 16.8. The van der Waals surface area contributed by atoms with E-state index < -0.39 is 0 Å². The summed E-state index contributed by atoms with van der Waals surface area (Å²) in [5.41, 5.74) is 5.28. The second-order valence-corrected chi connectivity index (χ2v) is 6.70. The lowest BCUT2D eigenvalue weighted by atomic mass is 10.1. The van der Waals surface area contributed by atoms with E-state index in [2.05, 4.69) is 5.32 Å². The third-order valence-electron chi connectivity index (χ3n) is 4.69. The molecule has 0 atom stereocenters. The average molecular weight is 370 g/mol. The van der Waals surface area contributed by atoms with Gasteiger partial charge in [0.15, 0.2) is 11.5 Å². The Bertz CT molecular complexity index is 981. The van der Waals surface area contributed by atoms with E-state index in [4.69, 9.17) is 26.2 Å². The van der Waals surface area contributed by atoms with Crippen LogP contribution in [0.25, 0.3) is 16.9 Å². The molecule has 134 valence electrons. The molecule has 1 aliphatic rings. The third-order valence-corrected chi connectivity index (χ3v) is 4.93. The van der Waals surface area contributed by atoms with Crippen molar-refractivity contribution in [2.24, 2.45) is 0 Å². The molecule has 2 aromatic carbocycles. The molecule has 0 unspecified atom stereocenters. The number of anilines is 1. The van der Waals surface area contributed by atoms with Crippen molar-refractivity contribution < 1.29 is 9.47 Å². The smallest absolute Gasteiger partial charge is 0.161 e. The molecular formula is C20H20ClN3O2. The second-order valence-electron chi connectivity index (χ2n) is 6.26. The highest BCUT2D eigenvalue weighted by atomic mass is 35.5. The monoisotopic (exact) mass is 369 g/mol. The number of hydrogen-bond acceptors (Lipinski definition) is 4. The lowest BCUT2D eigenvalue weighted by Crippen LogP contribution is -2.05. The second kappa shape index (κ2) is 6.57. The van der Waals surface area contributed by atoms with Gasteiger partial charge in [0.1, 0.15) is 5.82 Å². The molecule has 1 N–H and O–H groups in total. The zero-order chi connectivity index (χ0) is 18.3.